The number of sulfonamides is 1. The molecule has 1 N–H and O–H groups in total. The SMILES string of the molecule is O=C(C(Cc1ccccc1)NS(=O)(=O)c1ccccc1F)N1CCC(C2OCCO2)CC1. The van der Waals surface area contributed by atoms with Crippen LogP contribution in [0, 0.1) is 11.7 Å². The molecule has 0 radical (unpaired) electrons. The Labute approximate surface area is 187 Å². The summed E-state index contributed by atoms with van der Waals surface area (Å²) in [5, 5.41) is 0. The molecule has 2 aromatic rings. The summed E-state index contributed by atoms with van der Waals surface area (Å²) < 4.78 is 53.6. The third-order valence-electron chi connectivity index (χ3n) is 5.89. The number of ether oxygens (including phenoxy) is 2. The summed E-state index contributed by atoms with van der Waals surface area (Å²) in [6, 6.07) is 13.3. The second-order valence-electron chi connectivity index (χ2n) is 8.07. The van der Waals surface area contributed by atoms with Crippen LogP contribution in [0.15, 0.2) is 59.5 Å². The van der Waals surface area contributed by atoms with Crippen molar-refractivity contribution in [3.8, 4) is 0 Å². The molecule has 2 heterocycles. The van der Waals surface area contributed by atoms with Gasteiger partial charge in [0.2, 0.25) is 15.9 Å². The van der Waals surface area contributed by atoms with Gasteiger partial charge in [-0.3, -0.25) is 4.79 Å². The summed E-state index contributed by atoms with van der Waals surface area (Å²) in [5.41, 5.74) is 0.810. The van der Waals surface area contributed by atoms with Crippen LogP contribution in [-0.4, -0.2) is 57.9 Å². The van der Waals surface area contributed by atoms with Gasteiger partial charge in [-0.05, 0) is 37.0 Å². The number of carbonyl (C=O) groups is 1. The largest absolute Gasteiger partial charge is 0.350 e. The summed E-state index contributed by atoms with van der Waals surface area (Å²) in [7, 11) is -4.23. The molecule has 0 aliphatic carbocycles. The van der Waals surface area contributed by atoms with Crippen molar-refractivity contribution in [2.75, 3.05) is 26.3 Å². The highest BCUT2D eigenvalue weighted by molar-refractivity contribution is 7.89. The molecular formula is C23H27FN2O5S. The number of halogens is 1. The molecule has 2 aliphatic rings. The fourth-order valence-electron chi connectivity index (χ4n) is 4.20. The first-order valence-corrected chi connectivity index (χ1v) is 12.2. The summed E-state index contributed by atoms with van der Waals surface area (Å²) in [5.74, 6) is -0.965. The number of nitrogens with zero attached hydrogens (tertiary/aromatic N) is 1. The second kappa shape index (κ2) is 10.1. The van der Waals surface area contributed by atoms with E-state index in [2.05, 4.69) is 4.72 Å². The van der Waals surface area contributed by atoms with E-state index < -0.39 is 26.8 Å². The quantitative estimate of drug-likeness (QED) is 0.683. The molecule has 1 atom stereocenters. The Morgan fingerprint density at radius 2 is 1.66 bits per heavy atom. The van der Waals surface area contributed by atoms with E-state index >= 15 is 0 Å². The molecule has 172 valence electrons. The van der Waals surface area contributed by atoms with Crippen molar-refractivity contribution in [1.29, 1.82) is 0 Å². The lowest BCUT2D eigenvalue weighted by Gasteiger charge is -2.35. The van der Waals surface area contributed by atoms with Crippen LogP contribution in [0.5, 0.6) is 0 Å². The van der Waals surface area contributed by atoms with Crippen LogP contribution in [0.4, 0.5) is 4.39 Å². The molecule has 4 rings (SSSR count). The van der Waals surface area contributed by atoms with Crippen molar-refractivity contribution >= 4 is 15.9 Å². The predicted molar refractivity (Wildman–Crippen MR) is 116 cm³/mol. The van der Waals surface area contributed by atoms with Gasteiger partial charge in [0.05, 0.1) is 13.2 Å². The lowest BCUT2D eigenvalue weighted by atomic mass is 9.95. The van der Waals surface area contributed by atoms with Gasteiger partial charge in [-0.2, -0.15) is 4.72 Å². The number of benzene rings is 2. The topological polar surface area (TPSA) is 84.9 Å². The standard InChI is InChI=1S/C23H27FN2O5S/c24-19-8-4-5-9-21(19)32(28,29)25-20(16-17-6-2-1-3-7-17)22(27)26-12-10-18(11-13-26)23-30-14-15-31-23/h1-9,18,20,23,25H,10-16H2. The maximum Gasteiger partial charge on any atom is 0.244 e. The summed E-state index contributed by atoms with van der Waals surface area (Å²) in [4.78, 5) is 14.6. The average Bonchev–Trinajstić information content (AvgIpc) is 3.34. The van der Waals surface area contributed by atoms with Crippen molar-refractivity contribution in [2.45, 2.75) is 36.5 Å². The number of piperidine rings is 1. The molecule has 32 heavy (non-hydrogen) atoms. The zero-order valence-corrected chi connectivity index (χ0v) is 18.5. The first-order valence-electron chi connectivity index (χ1n) is 10.8. The van der Waals surface area contributed by atoms with Crippen molar-refractivity contribution in [1.82, 2.24) is 9.62 Å². The van der Waals surface area contributed by atoms with Gasteiger partial charge >= 0.3 is 0 Å². The zero-order chi connectivity index (χ0) is 22.6. The average molecular weight is 463 g/mol. The lowest BCUT2D eigenvalue weighted by Crippen LogP contribution is -2.52. The predicted octanol–water partition coefficient (Wildman–Crippen LogP) is 2.33. The number of likely N-dealkylation sites (tertiary alicyclic amines) is 1. The molecule has 0 saturated carbocycles. The fourth-order valence-corrected chi connectivity index (χ4v) is 5.47. The Balaban J connectivity index is 1.50. The summed E-state index contributed by atoms with van der Waals surface area (Å²) in [6.07, 6.45) is 1.37. The minimum Gasteiger partial charge on any atom is -0.350 e. The van der Waals surface area contributed by atoms with Crippen LogP contribution in [-0.2, 0) is 30.7 Å². The van der Waals surface area contributed by atoms with Gasteiger partial charge in [0.15, 0.2) is 6.29 Å². The number of rotatable bonds is 7. The van der Waals surface area contributed by atoms with Crippen LogP contribution in [0.1, 0.15) is 18.4 Å². The van der Waals surface area contributed by atoms with Crippen LogP contribution in [0.3, 0.4) is 0 Å². The molecular weight excluding hydrogens is 435 g/mol. The van der Waals surface area contributed by atoms with Gasteiger partial charge < -0.3 is 14.4 Å². The fraction of sp³-hybridized carbons (Fsp3) is 0.435. The van der Waals surface area contributed by atoms with E-state index in [9.17, 15) is 17.6 Å². The molecule has 0 spiro atoms. The Bertz CT molecular complexity index is 1020. The van der Waals surface area contributed by atoms with Crippen molar-refractivity contribution in [3.05, 3.63) is 66.0 Å². The van der Waals surface area contributed by atoms with Gasteiger partial charge in [0.1, 0.15) is 16.8 Å². The third-order valence-corrected chi connectivity index (χ3v) is 7.39. The second-order valence-corrected chi connectivity index (χ2v) is 9.75. The van der Waals surface area contributed by atoms with Gasteiger partial charge in [-0.15, -0.1) is 0 Å². The summed E-state index contributed by atoms with van der Waals surface area (Å²) in [6.45, 7) is 2.14. The highest BCUT2D eigenvalue weighted by Crippen LogP contribution is 2.26. The van der Waals surface area contributed by atoms with E-state index in [0.29, 0.717) is 39.1 Å². The molecule has 2 fully saturated rings. The first-order chi connectivity index (χ1) is 15.4. The number of hydrogen-bond acceptors (Lipinski definition) is 5. The van der Waals surface area contributed by atoms with Crippen molar-refractivity contribution < 1.29 is 27.1 Å². The van der Waals surface area contributed by atoms with Crippen molar-refractivity contribution in [2.24, 2.45) is 5.92 Å². The van der Waals surface area contributed by atoms with Crippen LogP contribution >= 0.6 is 0 Å². The van der Waals surface area contributed by atoms with Gasteiger partial charge in [-0.1, -0.05) is 42.5 Å². The highest BCUT2D eigenvalue weighted by Gasteiger charge is 2.35. The van der Waals surface area contributed by atoms with E-state index in [4.69, 9.17) is 9.47 Å². The molecule has 2 aromatic carbocycles. The van der Waals surface area contributed by atoms with Gasteiger partial charge in [0, 0.05) is 19.0 Å². The van der Waals surface area contributed by atoms with E-state index in [0.717, 1.165) is 11.6 Å². The van der Waals surface area contributed by atoms with E-state index in [1.54, 1.807) is 4.90 Å². The maximum absolute atomic E-state index is 14.2. The highest BCUT2D eigenvalue weighted by atomic mass is 32.2. The van der Waals surface area contributed by atoms with Gasteiger partial charge in [-0.25, -0.2) is 12.8 Å². The molecule has 1 amide bonds. The first kappa shape index (κ1) is 22.8. The molecule has 0 bridgehead atoms. The minimum absolute atomic E-state index is 0.169. The Morgan fingerprint density at radius 3 is 2.31 bits per heavy atom. The number of nitrogens with one attached hydrogen (secondary N) is 1. The molecule has 2 aliphatic heterocycles. The summed E-state index contributed by atoms with van der Waals surface area (Å²) >= 11 is 0. The zero-order valence-electron chi connectivity index (χ0n) is 17.7. The number of amides is 1. The maximum atomic E-state index is 14.2. The van der Waals surface area contributed by atoms with Gasteiger partial charge in [0.25, 0.3) is 0 Å². The van der Waals surface area contributed by atoms with Crippen LogP contribution in [0.25, 0.3) is 0 Å². The van der Waals surface area contributed by atoms with E-state index in [-0.39, 0.29) is 24.5 Å². The van der Waals surface area contributed by atoms with Crippen LogP contribution < -0.4 is 4.72 Å². The lowest BCUT2D eigenvalue weighted by molar-refractivity contribution is -0.138. The van der Waals surface area contributed by atoms with E-state index in [1.807, 2.05) is 30.3 Å². The Hall–Kier alpha value is -2.33. The molecule has 9 heteroatoms. The third kappa shape index (κ3) is 5.35. The monoisotopic (exact) mass is 462 g/mol. The molecule has 2 saturated heterocycles. The Morgan fingerprint density at radius 1 is 1.03 bits per heavy atom. The number of carbonyl (C=O) groups excluding carboxylic acids is 1. The molecule has 7 nitrogen and oxygen atoms in total. The Kier molecular flexibility index (Phi) is 7.20. The van der Waals surface area contributed by atoms with Crippen molar-refractivity contribution in [3.63, 3.8) is 0 Å². The van der Waals surface area contributed by atoms with E-state index in [1.165, 1.54) is 18.2 Å². The normalized spacial score (nSPS) is 19.2. The minimum atomic E-state index is -4.23. The number of hydrogen-bond donors (Lipinski definition) is 1. The van der Waals surface area contributed by atoms with Crippen LogP contribution in [0.2, 0.25) is 0 Å². The smallest absolute Gasteiger partial charge is 0.244 e. The molecule has 1 unspecified atom stereocenters. The molecule has 0 aromatic heterocycles.